The van der Waals surface area contributed by atoms with Crippen molar-refractivity contribution in [2.75, 3.05) is 12.4 Å². The van der Waals surface area contributed by atoms with Crippen molar-refractivity contribution in [3.63, 3.8) is 0 Å². The minimum atomic E-state index is -1.05. The second-order valence-electron chi connectivity index (χ2n) is 3.49. The number of carboxylic acid groups (broad SMARTS) is 1. The fourth-order valence-corrected chi connectivity index (χ4v) is 1.20. The quantitative estimate of drug-likeness (QED) is 0.753. The van der Waals surface area contributed by atoms with Crippen molar-refractivity contribution in [3.8, 4) is 11.5 Å². The lowest BCUT2D eigenvalue weighted by Crippen LogP contribution is -2.26. The van der Waals surface area contributed by atoms with Gasteiger partial charge in [0.2, 0.25) is 5.75 Å². The van der Waals surface area contributed by atoms with Gasteiger partial charge in [-0.05, 0) is 6.92 Å². The molecule has 1 atom stereocenters. The first-order valence-corrected chi connectivity index (χ1v) is 5.16. The number of carboxylic acids is 1. The zero-order chi connectivity index (χ0) is 13.7. The van der Waals surface area contributed by atoms with Gasteiger partial charge in [-0.2, -0.15) is 0 Å². The second kappa shape index (κ2) is 5.85. The fourth-order valence-electron chi connectivity index (χ4n) is 1.20. The molecule has 0 amide bonds. The molecule has 98 valence electrons. The second-order valence-corrected chi connectivity index (χ2v) is 3.49. The number of aromatic nitrogens is 1. The van der Waals surface area contributed by atoms with Crippen LogP contribution in [0.5, 0.6) is 11.5 Å². The Labute approximate surface area is 104 Å². The van der Waals surface area contributed by atoms with Gasteiger partial charge in [-0.25, -0.2) is 4.98 Å². The summed E-state index contributed by atoms with van der Waals surface area (Å²) in [6, 6.07) is 0.633. The third-order valence-corrected chi connectivity index (χ3v) is 2.06. The number of aliphatic carboxylic acids is 1. The van der Waals surface area contributed by atoms with Crippen molar-refractivity contribution in [3.05, 3.63) is 12.3 Å². The molecule has 2 N–H and O–H groups in total. The van der Waals surface area contributed by atoms with Crippen LogP contribution in [0.1, 0.15) is 13.8 Å². The molecule has 1 unspecified atom stereocenters. The normalized spacial score (nSPS) is 11.5. The maximum absolute atomic E-state index is 11.0. The Morgan fingerprint density at radius 3 is 2.67 bits per heavy atom. The average molecular weight is 254 g/mol. The number of carbonyl (C=O) groups excluding carboxylic acids is 1. The summed E-state index contributed by atoms with van der Waals surface area (Å²) >= 11 is 0. The van der Waals surface area contributed by atoms with Gasteiger partial charge in [-0.1, -0.05) is 0 Å². The Kier molecular flexibility index (Phi) is 4.47. The van der Waals surface area contributed by atoms with E-state index >= 15 is 0 Å². The number of carbonyl (C=O) groups is 2. The fraction of sp³-hybridized carbons (Fsp3) is 0.364. The molecule has 7 heteroatoms. The number of esters is 1. The van der Waals surface area contributed by atoms with Crippen LogP contribution in [-0.4, -0.2) is 35.2 Å². The van der Waals surface area contributed by atoms with Crippen LogP contribution in [0.25, 0.3) is 0 Å². The molecule has 0 saturated heterocycles. The standard InChI is InChI=1S/C11H14N2O5/c1-6(11(15)16)13-10-9(18-7(2)14)8(17-3)4-5-12-10/h4-6H,1-3H3,(H,12,13)(H,15,16). The first-order valence-electron chi connectivity index (χ1n) is 5.16. The Morgan fingerprint density at radius 1 is 1.50 bits per heavy atom. The number of hydrogen-bond donors (Lipinski definition) is 2. The first kappa shape index (κ1) is 13.8. The lowest BCUT2D eigenvalue weighted by Gasteiger charge is -2.15. The summed E-state index contributed by atoms with van der Waals surface area (Å²) < 4.78 is 9.99. The maximum atomic E-state index is 11.0. The molecule has 0 aliphatic rings. The number of nitrogens with zero attached hydrogens (tertiary/aromatic N) is 1. The molecule has 1 aromatic rings. The number of methoxy groups -OCH3 is 1. The van der Waals surface area contributed by atoms with Crippen LogP contribution < -0.4 is 14.8 Å². The third kappa shape index (κ3) is 3.34. The number of pyridine rings is 1. The average Bonchev–Trinajstić information content (AvgIpc) is 2.30. The van der Waals surface area contributed by atoms with Crippen molar-refractivity contribution in [1.29, 1.82) is 0 Å². The lowest BCUT2D eigenvalue weighted by atomic mass is 10.3. The lowest BCUT2D eigenvalue weighted by molar-refractivity contribution is -0.137. The first-order chi connectivity index (χ1) is 8.45. The maximum Gasteiger partial charge on any atom is 0.325 e. The van der Waals surface area contributed by atoms with E-state index < -0.39 is 18.0 Å². The van der Waals surface area contributed by atoms with Crippen LogP contribution in [0.2, 0.25) is 0 Å². The van der Waals surface area contributed by atoms with Crippen LogP contribution >= 0.6 is 0 Å². The SMILES string of the molecule is COc1ccnc(NC(C)C(=O)O)c1OC(C)=O. The van der Waals surface area contributed by atoms with Gasteiger partial charge in [0.15, 0.2) is 11.6 Å². The largest absolute Gasteiger partial charge is 0.493 e. The summed E-state index contributed by atoms with van der Waals surface area (Å²) in [6.07, 6.45) is 1.42. The molecule has 0 fully saturated rings. The minimum Gasteiger partial charge on any atom is -0.493 e. The molecule has 0 spiro atoms. The Hall–Kier alpha value is -2.31. The Bertz CT molecular complexity index is 461. The van der Waals surface area contributed by atoms with Gasteiger partial charge in [0.25, 0.3) is 0 Å². The molecule has 1 heterocycles. The number of rotatable bonds is 5. The van der Waals surface area contributed by atoms with Gasteiger partial charge < -0.3 is 19.9 Å². The van der Waals surface area contributed by atoms with E-state index in [1.807, 2.05) is 0 Å². The van der Waals surface area contributed by atoms with Crippen molar-refractivity contribution in [1.82, 2.24) is 4.98 Å². The van der Waals surface area contributed by atoms with E-state index in [9.17, 15) is 9.59 Å². The predicted octanol–water partition coefficient (Wildman–Crippen LogP) is 0.900. The molecule has 0 bridgehead atoms. The molecule has 0 saturated carbocycles. The number of ether oxygens (including phenoxy) is 2. The number of anilines is 1. The van der Waals surface area contributed by atoms with Gasteiger partial charge in [-0.15, -0.1) is 0 Å². The van der Waals surface area contributed by atoms with Gasteiger partial charge in [-0.3, -0.25) is 9.59 Å². The topological polar surface area (TPSA) is 97.8 Å². The molecule has 0 aliphatic heterocycles. The molecular formula is C11H14N2O5. The number of nitrogens with one attached hydrogen (secondary N) is 1. The summed E-state index contributed by atoms with van der Waals surface area (Å²) in [7, 11) is 1.41. The van der Waals surface area contributed by atoms with Crippen LogP contribution in [0, 0.1) is 0 Å². The van der Waals surface area contributed by atoms with Gasteiger partial charge in [0.1, 0.15) is 6.04 Å². The van der Waals surface area contributed by atoms with E-state index in [1.54, 1.807) is 0 Å². The summed E-state index contributed by atoms with van der Waals surface area (Å²) in [5.74, 6) is -1.10. The summed E-state index contributed by atoms with van der Waals surface area (Å²) in [5.41, 5.74) is 0. The molecular weight excluding hydrogens is 240 g/mol. The smallest absolute Gasteiger partial charge is 0.325 e. The van der Waals surface area contributed by atoms with Gasteiger partial charge >= 0.3 is 11.9 Å². The van der Waals surface area contributed by atoms with Crippen molar-refractivity contribution < 1.29 is 24.2 Å². The zero-order valence-corrected chi connectivity index (χ0v) is 10.3. The van der Waals surface area contributed by atoms with Gasteiger partial charge in [0, 0.05) is 19.2 Å². The molecule has 18 heavy (non-hydrogen) atoms. The molecule has 0 aliphatic carbocycles. The van der Waals surface area contributed by atoms with Crippen LogP contribution in [0.4, 0.5) is 5.82 Å². The van der Waals surface area contributed by atoms with Crippen LogP contribution in [-0.2, 0) is 9.59 Å². The summed E-state index contributed by atoms with van der Waals surface area (Å²) in [4.78, 5) is 25.7. The van der Waals surface area contributed by atoms with Crippen molar-refractivity contribution in [2.24, 2.45) is 0 Å². The summed E-state index contributed by atoms with van der Waals surface area (Å²) in [6.45, 7) is 2.68. The van der Waals surface area contributed by atoms with E-state index in [4.69, 9.17) is 14.6 Å². The molecule has 1 aromatic heterocycles. The molecule has 0 aromatic carbocycles. The van der Waals surface area contributed by atoms with Crippen molar-refractivity contribution >= 4 is 17.8 Å². The van der Waals surface area contributed by atoms with Crippen LogP contribution in [0.3, 0.4) is 0 Å². The zero-order valence-electron chi connectivity index (χ0n) is 10.3. The highest BCUT2D eigenvalue weighted by molar-refractivity contribution is 5.79. The highest BCUT2D eigenvalue weighted by Crippen LogP contribution is 2.33. The van der Waals surface area contributed by atoms with Crippen LogP contribution in [0.15, 0.2) is 12.3 Å². The highest BCUT2D eigenvalue weighted by Gasteiger charge is 2.18. The highest BCUT2D eigenvalue weighted by atomic mass is 16.6. The Balaban J connectivity index is 3.09. The van der Waals surface area contributed by atoms with E-state index in [-0.39, 0.29) is 11.6 Å². The minimum absolute atomic E-state index is 0.0700. The molecule has 7 nitrogen and oxygen atoms in total. The van der Waals surface area contributed by atoms with Gasteiger partial charge in [0.05, 0.1) is 7.11 Å². The van der Waals surface area contributed by atoms with Crippen molar-refractivity contribution in [2.45, 2.75) is 19.9 Å². The predicted molar refractivity (Wildman–Crippen MR) is 62.8 cm³/mol. The molecule has 0 radical (unpaired) electrons. The third-order valence-electron chi connectivity index (χ3n) is 2.06. The number of hydrogen-bond acceptors (Lipinski definition) is 6. The Morgan fingerprint density at radius 2 is 2.17 bits per heavy atom. The van der Waals surface area contributed by atoms with E-state index in [2.05, 4.69) is 10.3 Å². The van der Waals surface area contributed by atoms with E-state index in [1.165, 1.54) is 33.2 Å². The van der Waals surface area contributed by atoms with E-state index in [0.717, 1.165) is 0 Å². The van der Waals surface area contributed by atoms with E-state index in [0.29, 0.717) is 5.75 Å². The monoisotopic (exact) mass is 254 g/mol. The molecule has 1 rings (SSSR count). The summed E-state index contributed by atoms with van der Waals surface area (Å²) in [5, 5.41) is 11.4.